The average molecular weight is 154 g/mol. The lowest BCUT2D eigenvalue weighted by Crippen LogP contribution is -2.04. The fourth-order valence-corrected chi connectivity index (χ4v) is 2.64. The summed E-state index contributed by atoms with van der Waals surface area (Å²) in [7, 11) is 0. The van der Waals surface area contributed by atoms with Crippen molar-refractivity contribution in [3.63, 3.8) is 0 Å². The molecular weight excluding hydrogens is 136 g/mol. The lowest BCUT2D eigenvalue weighted by atomic mass is 10.0. The van der Waals surface area contributed by atoms with E-state index in [1.165, 1.54) is 0 Å². The summed E-state index contributed by atoms with van der Waals surface area (Å²) in [5, 5.41) is 0. The minimum atomic E-state index is 0.222. The standard InChI is InChI=1S/C10H18O/c1-7(6-11)8-9(2,3)10(8,4)5/h6-8H,1-5H3. The first-order chi connectivity index (χ1) is 4.85. The molecule has 1 saturated carbocycles. The molecule has 1 rings (SSSR count). The Labute approximate surface area is 69.2 Å². The predicted octanol–water partition coefficient (Wildman–Crippen LogP) is 2.50. The van der Waals surface area contributed by atoms with Gasteiger partial charge in [-0.1, -0.05) is 34.6 Å². The summed E-state index contributed by atoms with van der Waals surface area (Å²) in [6, 6.07) is 0. The third kappa shape index (κ3) is 0.935. The molecule has 0 aromatic rings. The zero-order chi connectivity index (χ0) is 8.86. The van der Waals surface area contributed by atoms with Crippen LogP contribution in [0.4, 0.5) is 0 Å². The zero-order valence-electron chi connectivity index (χ0n) is 8.14. The summed E-state index contributed by atoms with van der Waals surface area (Å²) in [4.78, 5) is 10.6. The van der Waals surface area contributed by atoms with Gasteiger partial charge in [0.2, 0.25) is 0 Å². The van der Waals surface area contributed by atoms with E-state index in [0.29, 0.717) is 16.7 Å². The number of hydrogen-bond donors (Lipinski definition) is 0. The highest BCUT2D eigenvalue weighted by Gasteiger charge is 2.66. The molecule has 1 heteroatoms. The van der Waals surface area contributed by atoms with Crippen LogP contribution in [0, 0.1) is 22.7 Å². The van der Waals surface area contributed by atoms with Crippen LogP contribution in [-0.4, -0.2) is 6.29 Å². The molecule has 0 aromatic heterocycles. The van der Waals surface area contributed by atoms with Crippen molar-refractivity contribution >= 4 is 6.29 Å². The maximum atomic E-state index is 10.6. The van der Waals surface area contributed by atoms with E-state index in [4.69, 9.17) is 0 Å². The van der Waals surface area contributed by atoms with Crippen molar-refractivity contribution in [3.8, 4) is 0 Å². The molecule has 0 heterocycles. The zero-order valence-corrected chi connectivity index (χ0v) is 8.14. The van der Waals surface area contributed by atoms with Gasteiger partial charge in [-0.05, 0) is 16.7 Å². The van der Waals surface area contributed by atoms with Crippen molar-refractivity contribution in [1.82, 2.24) is 0 Å². The van der Waals surface area contributed by atoms with Gasteiger partial charge in [0.1, 0.15) is 6.29 Å². The maximum absolute atomic E-state index is 10.6. The third-order valence-corrected chi connectivity index (χ3v) is 3.87. The predicted molar refractivity (Wildman–Crippen MR) is 46.3 cm³/mol. The van der Waals surface area contributed by atoms with Crippen LogP contribution in [0.25, 0.3) is 0 Å². The van der Waals surface area contributed by atoms with E-state index in [0.717, 1.165) is 6.29 Å². The van der Waals surface area contributed by atoms with Gasteiger partial charge in [-0.2, -0.15) is 0 Å². The first-order valence-electron chi connectivity index (χ1n) is 4.31. The molecule has 0 saturated heterocycles. The lowest BCUT2D eigenvalue weighted by Gasteiger charge is -2.04. The molecule has 0 aromatic carbocycles. The number of carbonyl (C=O) groups excluding carboxylic acids is 1. The second kappa shape index (κ2) is 2.09. The van der Waals surface area contributed by atoms with Gasteiger partial charge < -0.3 is 4.79 Å². The molecule has 1 aliphatic rings. The molecule has 0 bridgehead atoms. The molecule has 1 unspecified atom stereocenters. The van der Waals surface area contributed by atoms with Gasteiger partial charge >= 0.3 is 0 Å². The van der Waals surface area contributed by atoms with E-state index in [1.54, 1.807) is 0 Å². The van der Waals surface area contributed by atoms with E-state index in [9.17, 15) is 4.79 Å². The summed E-state index contributed by atoms with van der Waals surface area (Å²) in [6.07, 6.45) is 1.08. The summed E-state index contributed by atoms with van der Waals surface area (Å²) in [6.45, 7) is 11.0. The smallest absolute Gasteiger partial charge is 0.123 e. The molecule has 11 heavy (non-hydrogen) atoms. The Hall–Kier alpha value is -0.330. The fourth-order valence-electron chi connectivity index (χ4n) is 2.64. The Morgan fingerprint density at radius 1 is 1.18 bits per heavy atom. The van der Waals surface area contributed by atoms with Crippen LogP contribution in [0.1, 0.15) is 34.6 Å². The van der Waals surface area contributed by atoms with Gasteiger partial charge in [0.15, 0.2) is 0 Å². The summed E-state index contributed by atoms with van der Waals surface area (Å²) in [5.41, 5.74) is 0.709. The van der Waals surface area contributed by atoms with Crippen LogP contribution in [0.5, 0.6) is 0 Å². The second-order valence-electron chi connectivity index (χ2n) is 4.92. The molecular formula is C10H18O. The van der Waals surface area contributed by atoms with E-state index in [-0.39, 0.29) is 5.92 Å². The first kappa shape index (κ1) is 8.76. The molecule has 1 fully saturated rings. The molecule has 0 aliphatic heterocycles. The monoisotopic (exact) mass is 154 g/mol. The van der Waals surface area contributed by atoms with Crippen LogP contribution in [0.3, 0.4) is 0 Å². The SMILES string of the molecule is CC(C=O)C1C(C)(C)C1(C)C. The normalized spacial score (nSPS) is 29.5. The maximum Gasteiger partial charge on any atom is 0.123 e. The Bertz CT molecular complexity index is 165. The molecule has 1 atom stereocenters. The summed E-state index contributed by atoms with van der Waals surface area (Å²) < 4.78 is 0. The number of carbonyl (C=O) groups is 1. The molecule has 1 nitrogen and oxygen atoms in total. The minimum absolute atomic E-state index is 0.222. The highest BCUT2D eigenvalue weighted by Crippen LogP contribution is 2.70. The van der Waals surface area contributed by atoms with Gasteiger partial charge in [0.25, 0.3) is 0 Å². The van der Waals surface area contributed by atoms with E-state index in [2.05, 4.69) is 27.7 Å². The topological polar surface area (TPSA) is 17.1 Å². The quantitative estimate of drug-likeness (QED) is 0.558. The number of rotatable bonds is 2. The van der Waals surface area contributed by atoms with Crippen molar-refractivity contribution in [2.24, 2.45) is 22.7 Å². The van der Waals surface area contributed by atoms with Crippen LogP contribution >= 0.6 is 0 Å². The Morgan fingerprint density at radius 3 is 1.64 bits per heavy atom. The molecule has 0 amide bonds. The van der Waals surface area contributed by atoms with Crippen LogP contribution in [-0.2, 0) is 4.79 Å². The number of aldehydes is 1. The largest absolute Gasteiger partial charge is 0.303 e. The van der Waals surface area contributed by atoms with Crippen molar-refractivity contribution in [2.75, 3.05) is 0 Å². The van der Waals surface area contributed by atoms with Crippen molar-refractivity contribution in [2.45, 2.75) is 34.6 Å². The van der Waals surface area contributed by atoms with Crippen LogP contribution in [0.15, 0.2) is 0 Å². The molecule has 0 spiro atoms. The van der Waals surface area contributed by atoms with E-state index >= 15 is 0 Å². The second-order valence-corrected chi connectivity index (χ2v) is 4.92. The van der Waals surface area contributed by atoms with Crippen molar-refractivity contribution in [1.29, 1.82) is 0 Å². The third-order valence-electron chi connectivity index (χ3n) is 3.87. The van der Waals surface area contributed by atoms with Crippen LogP contribution < -0.4 is 0 Å². The fraction of sp³-hybridized carbons (Fsp3) is 0.900. The van der Waals surface area contributed by atoms with Gasteiger partial charge in [-0.15, -0.1) is 0 Å². The summed E-state index contributed by atoms with van der Waals surface area (Å²) >= 11 is 0. The van der Waals surface area contributed by atoms with Crippen LogP contribution in [0.2, 0.25) is 0 Å². The highest BCUT2D eigenvalue weighted by molar-refractivity contribution is 5.55. The Morgan fingerprint density at radius 2 is 1.55 bits per heavy atom. The Balaban J connectivity index is 2.74. The highest BCUT2D eigenvalue weighted by atomic mass is 16.1. The van der Waals surface area contributed by atoms with E-state index in [1.807, 2.05) is 6.92 Å². The lowest BCUT2D eigenvalue weighted by molar-refractivity contribution is -0.111. The average Bonchev–Trinajstić information content (AvgIpc) is 2.24. The molecule has 64 valence electrons. The molecule has 0 N–H and O–H groups in total. The van der Waals surface area contributed by atoms with Gasteiger partial charge in [0.05, 0.1) is 0 Å². The van der Waals surface area contributed by atoms with Gasteiger partial charge in [-0.25, -0.2) is 0 Å². The summed E-state index contributed by atoms with van der Waals surface area (Å²) in [5.74, 6) is 0.799. The van der Waals surface area contributed by atoms with Gasteiger partial charge in [-0.3, -0.25) is 0 Å². The van der Waals surface area contributed by atoms with Crippen molar-refractivity contribution in [3.05, 3.63) is 0 Å². The minimum Gasteiger partial charge on any atom is -0.303 e. The molecule has 0 radical (unpaired) electrons. The Kier molecular flexibility index (Phi) is 1.66. The molecule has 1 aliphatic carbocycles. The number of hydrogen-bond acceptors (Lipinski definition) is 1. The van der Waals surface area contributed by atoms with Gasteiger partial charge in [0, 0.05) is 5.92 Å². The van der Waals surface area contributed by atoms with Crippen molar-refractivity contribution < 1.29 is 4.79 Å². The van der Waals surface area contributed by atoms with E-state index < -0.39 is 0 Å². The first-order valence-corrected chi connectivity index (χ1v) is 4.31.